The maximum absolute atomic E-state index is 11.9. The first-order chi connectivity index (χ1) is 8.63. The quantitative estimate of drug-likeness (QED) is 0.816. The first kappa shape index (κ1) is 15.1. The highest BCUT2D eigenvalue weighted by atomic mass is 79.9. The molecule has 0 aliphatic carbocycles. The lowest BCUT2D eigenvalue weighted by molar-refractivity contribution is -0.147. The van der Waals surface area contributed by atoms with Gasteiger partial charge in [0.2, 0.25) is 0 Å². The molecule has 0 aliphatic heterocycles. The Labute approximate surface area is 116 Å². The summed E-state index contributed by atoms with van der Waals surface area (Å²) in [4.78, 5) is 13.8. The second kappa shape index (κ2) is 7.51. The molecule has 5 heteroatoms. The minimum absolute atomic E-state index is 0.00926. The van der Waals surface area contributed by atoms with Gasteiger partial charge in [0.1, 0.15) is 6.04 Å². The molecule has 0 saturated heterocycles. The number of rotatable bonds is 6. The molecule has 1 rings (SSSR count). The molecule has 0 aromatic heterocycles. The summed E-state index contributed by atoms with van der Waals surface area (Å²) in [7, 11) is 1.38. The topological polar surface area (TPSA) is 49.8 Å². The van der Waals surface area contributed by atoms with E-state index < -0.39 is 6.04 Å². The lowest BCUT2D eigenvalue weighted by Crippen LogP contribution is -2.36. The molecular weight excluding hydrogens is 298 g/mol. The second-order valence-electron chi connectivity index (χ2n) is 3.83. The minimum Gasteiger partial charge on any atom is -0.468 e. The number of carbonyl (C=O) groups excluding carboxylic acids is 1. The molecule has 0 radical (unpaired) electrons. The summed E-state index contributed by atoms with van der Waals surface area (Å²) in [5, 5.41) is 9.07. The van der Waals surface area contributed by atoms with Gasteiger partial charge >= 0.3 is 5.97 Å². The number of halogens is 1. The van der Waals surface area contributed by atoms with Crippen LogP contribution in [0.1, 0.15) is 18.5 Å². The van der Waals surface area contributed by atoms with Crippen molar-refractivity contribution in [2.24, 2.45) is 0 Å². The van der Waals surface area contributed by atoms with Gasteiger partial charge in [-0.15, -0.1) is 0 Å². The van der Waals surface area contributed by atoms with Crippen molar-refractivity contribution in [3.8, 4) is 0 Å². The molecule has 18 heavy (non-hydrogen) atoms. The van der Waals surface area contributed by atoms with Crippen molar-refractivity contribution in [1.29, 1.82) is 0 Å². The Hall–Kier alpha value is -0.910. The van der Waals surface area contributed by atoms with Gasteiger partial charge in [0.15, 0.2) is 0 Å². The van der Waals surface area contributed by atoms with Crippen LogP contribution in [0.2, 0.25) is 0 Å². The van der Waals surface area contributed by atoms with Gasteiger partial charge in [0, 0.05) is 11.0 Å². The van der Waals surface area contributed by atoms with E-state index in [2.05, 4.69) is 15.9 Å². The zero-order valence-corrected chi connectivity index (χ0v) is 12.2. The Morgan fingerprint density at radius 1 is 1.56 bits per heavy atom. The van der Waals surface area contributed by atoms with Crippen molar-refractivity contribution >= 4 is 21.9 Å². The van der Waals surface area contributed by atoms with E-state index in [9.17, 15) is 4.79 Å². The van der Waals surface area contributed by atoms with Gasteiger partial charge in [-0.1, -0.05) is 35.0 Å². The fourth-order valence-electron chi connectivity index (χ4n) is 1.88. The zero-order chi connectivity index (χ0) is 13.5. The normalized spacial score (nSPS) is 12.5. The van der Waals surface area contributed by atoms with Gasteiger partial charge in [-0.2, -0.15) is 0 Å². The number of esters is 1. The Bertz CT molecular complexity index is 398. The summed E-state index contributed by atoms with van der Waals surface area (Å²) < 4.78 is 5.77. The van der Waals surface area contributed by atoms with Crippen LogP contribution in [0.25, 0.3) is 0 Å². The molecule has 0 spiro atoms. The van der Waals surface area contributed by atoms with Gasteiger partial charge in [-0.25, -0.2) is 4.79 Å². The highest BCUT2D eigenvalue weighted by molar-refractivity contribution is 9.10. The number of hydrogen-bond acceptors (Lipinski definition) is 4. The Morgan fingerprint density at radius 2 is 2.28 bits per heavy atom. The summed E-state index contributed by atoms with van der Waals surface area (Å²) in [5.41, 5.74) is 0.853. The van der Waals surface area contributed by atoms with Crippen molar-refractivity contribution in [3.63, 3.8) is 0 Å². The molecule has 0 aliphatic rings. The van der Waals surface area contributed by atoms with Crippen molar-refractivity contribution in [2.45, 2.75) is 13.0 Å². The maximum Gasteiger partial charge on any atom is 0.327 e. The summed E-state index contributed by atoms with van der Waals surface area (Å²) in [6.45, 7) is 3.05. The number of carbonyl (C=O) groups is 1. The van der Waals surface area contributed by atoms with Crippen LogP contribution in [0.15, 0.2) is 28.7 Å². The predicted octanol–water partition coefficient (Wildman–Crippen LogP) is 1.98. The van der Waals surface area contributed by atoms with Gasteiger partial charge in [-0.05, 0) is 24.2 Å². The van der Waals surface area contributed by atoms with Gasteiger partial charge in [-0.3, -0.25) is 4.90 Å². The molecular formula is C13H18BrNO3. The number of aliphatic hydroxyl groups excluding tert-OH is 1. The predicted molar refractivity (Wildman–Crippen MR) is 73.2 cm³/mol. The number of benzene rings is 1. The smallest absolute Gasteiger partial charge is 0.327 e. The molecule has 1 N–H and O–H groups in total. The van der Waals surface area contributed by atoms with Crippen molar-refractivity contribution in [1.82, 2.24) is 4.90 Å². The number of methoxy groups -OCH3 is 1. The SMILES string of the molecule is CCN(CCO)C(C(=O)OC)c1cccc(Br)c1. The summed E-state index contributed by atoms with van der Waals surface area (Å²) in [6, 6.07) is 7.07. The molecule has 0 fully saturated rings. The molecule has 0 amide bonds. The first-order valence-corrected chi connectivity index (χ1v) is 6.61. The third-order valence-electron chi connectivity index (χ3n) is 2.75. The van der Waals surface area contributed by atoms with Crippen molar-refractivity contribution in [2.75, 3.05) is 26.8 Å². The van der Waals surface area contributed by atoms with Crippen molar-refractivity contribution in [3.05, 3.63) is 34.3 Å². The summed E-state index contributed by atoms with van der Waals surface area (Å²) >= 11 is 3.39. The largest absolute Gasteiger partial charge is 0.468 e. The third kappa shape index (κ3) is 3.80. The average Bonchev–Trinajstić information content (AvgIpc) is 2.37. The minimum atomic E-state index is -0.482. The van der Waals surface area contributed by atoms with E-state index in [1.54, 1.807) is 0 Å². The Kier molecular flexibility index (Phi) is 6.32. The van der Waals surface area contributed by atoms with E-state index in [0.29, 0.717) is 13.1 Å². The number of aliphatic hydroxyl groups is 1. The average molecular weight is 316 g/mol. The van der Waals surface area contributed by atoms with E-state index >= 15 is 0 Å². The Balaban J connectivity index is 3.07. The van der Waals surface area contributed by atoms with Crippen LogP contribution >= 0.6 is 15.9 Å². The lowest BCUT2D eigenvalue weighted by atomic mass is 10.1. The first-order valence-electron chi connectivity index (χ1n) is 5.82. The van der Waals surface area contributed by atoms with Crippen LogP contribution in [0, 0.1) is 0 Å². The highest BCUT2D eigenvalue weighted by Gasteiger charge is 2.27. The summed E-state index contributed by atoms with van der Waals surface area (Å²) in [6.07, 6.45) is 0. The van der Waals surface area contributed by atoms with Crippen LogP contribution in [0.3, 0.4) is 0 Å². The molecule has 1 aromatic carbocycles. The van der Waals surface area contributed by atoms with E-state index in [-0.39, 0.29) is 12.6 Å². The lowest BCUT2D eigenvalue weighted by Gasteiger charge is -2.28. The van der Waals surface area contributed by atoms with Crippen LogP contribution in [-0.2, 0) is 9.53 Å². The number of nitrogens with zero attached hydrogens (tertiary/aromatic N) is 1. The number of hydrogen-bond donors (Lipinski definition) is 1. The van der Waals surface area contributed by atoms with Crippen LogP contribution in [0.4, 0.5) is 0 Å². The number of ether oxygens (including phenoxy) is 1. The van der Waals surface area contributed by atoms with E-state index in [0.717, 1.165) is 10.0 Å². The van der Waals surface area contributed by atoms with Crippen LogP contribution in [0.5, 0.6) is 0 Å². The van der Waals surface area contributed by atoms with E-state index in [1.807, 2.05) is 36.1 Å². The standard InChI is InChI=1S/C13H18BrNO3/c1-3-15(7-8-16)12(13(17)18-2)10-5-4-6-11(14)9-10/h4-6,9,12,16H,3,7-8H2,1-2H3. The molecule has 0 bridgehead atoms. The van der Waals surface area contributed by atoms with Crippen molar-refractivity contribution < 1.29 is 14.6 Å². The highest BCUT2D eigenvalue weighted by Crippen LogP contribution is 2.24. The van der Waals surface area contributed by atoms with E-state index in [4.69, 9.17) is 9.84 Å². The zero-order valence-electron chi connectivity index (χ0n) is 10.6. The van der Waals surface area contributed by atoms with Gasteiger partial charge < -0.3 is 9.84 Å². The second-order valence-corrected chi connectivity index (χ2v) is 4.75. The fraction of sp³-hybridized carbons (Fsp3) is 0.462. The maximum atomic E-state index is 11.9. The fourth-order valence-corrected chi connectivity index (χ4v) is 2.30. The molecule has 1 aromatic rings. The van der Waals surface area contributed by atoms with Gasteiger partial charge in [0.05, 0.1) is 13.7 Å². The monoisotopic (exact) mass is 315 g/mol. The Morgan fingerprint density at radius 3 is 2.78 bits per heavy atom. The molecule has 1 unspecified atom stereocenters. The molecule has 4 nitrogen and oxygen atoms in total. The molecule has 0 saturated carbocycles. The van der Waals surface area contributed by atoms with Crippen LogP contribution in [-0.4, -0.2) is 42.8 Å². The molecule has 1 atom stereocenters. The third-order valence-corrected chi connectivity index (χ3v) is 3.24. The van der Waals surface area contributed by atoms with Crippen LogP contribution < -0.4 is 0 Å². The number of likely N-dealkylation sites (N-methyl/N-ethyl adjacent to an activating group) is 1. The van der Waals surface area contributed by atoms with E-state index in [1.165, 1.54) is 7.11 Å². The van der Waals surface area contributed by atoms with Gasteiger partial charge in [0.25, 0.3) is 0 Å². The summed E-state index contributed by atoms with van der Waals surface area (Å²) in [5.74, 6) is -0.316. The molecule has 100 valence electrons. The molecule has 0 heterocycles.